The van der Waals surface area contributed by atoms with Crippen LogP contribution in [-0.2, 0) is 40.1 Å². The highest BCUT2D eigenvalue weighted by Gasteiger charge is 2.26. The van der Waals surface area contributed by atoms with E-state index >= 15 is 0 Å². The number of benzene rings is 4. The van der Waals surface area contributed by atoms with Crippen molar-refractivity contribution in [2.75, 3.05) is 39.3 Å². The largest absolute Gasteiger partial charge is 0.243 e. The third-order valence-electron chi connectivity index (χ3n) is 9.80. The first-order chi connectivity index (χ1) is 27.4. The molecule has 4 aromatic carbocycles. The summed E-state index contributed by atoms with van der Waals surface area (Å²) in [6.45, 7) is 8.81. The van der Waals surface area contributed by atoms with Crippen LogP contribution in [0.25, 0.3) is 0 Å². The SMILES string of the molecule is Cc1ccc(S(=O)(=O)NCCCCN(CCCCCCN(CCCCNS(=O)(=O)c2ccc(C)cc2)S(=O)(=O)c2ccc(C)cc2)S(=O)(=O)c2ccc(C)cc2)cc1. The van der Waals surface area contributed by atoms with Crippen LogP contribution in [0.5, 0.6) is 0 Å². The summed E-state index contributed by atoms with van der Waals surface area (Å²) in [4.78, 5) is 0.741. The molecule has 12 nitrogen and oxygen atoms in total. The van der Waals surface area contributed by atoms with Crippen molar-refractivity contribution in [3.05, 3.63) is 119 Å². The van der Waals surface area contributed by atoms with Crippen LogP contribution in [0.2, 0.25) is 0 Å². The number of rotatable bonds is 25. The van der Waals surface area contributed by atoms with Gasteiger partial charge in [-0.25, -0.2) is 43.1 Å². The van der Waals surface area contributed by atoms with Crippen LogP contribution < -0.4 is 9.44 Å². The average molecular weight is 875 g/mol. The van der Waals surface area contributed by atoms with Crippen LogP contribution in [0.4, 0.5) is 0 Å². The Morgan fingerprint density at radius 1 is 0.345 bits per heavy atom. The van der Waals surface area contributed by atoms with E-state index in [-0.39, 0.29) is 58.9 Å². The molecule has 0 aliphatic rings. The second kappa shape index (κ2) is 21.7. The molecule has 0 aromatic heterocycles. The summed E-state index contributed by atoms with van der Waals surface area (Å²) in [5.41, 5.74) is 3.78. The summed E-state index contributed by atoms with van der Waals surface area (Å²) in [7, 11) is -15.0. The maximum Gasteiger partial charge on any atom is 0.243 e. The first-order valence-corrected chi connectivity index (χ1v) is 25.5. The fourth-order valence-electron chi connectivity index (χ4n) is 6.19. The third-order valence-corrected chi connectivity index (χ3v) is 16.6. The number of nitrogens with zero attached hydrogens (tertiary/aromatic N) is 2. The van der Waals surface area contributed by atoms with E-state index in [2.05, 4.69) is 9.44 Å². The molecule has 0 spiro atoms. The van der Waals surface area contributed by atoms with Gasteiger partial charge >= 0.3 is 0 Å². The third kappa shape index (κ3) is 14.1. The van der Waals surface area contributed by atoms with E-state index in [0.29, 0.717) is 51.4 Å². The second-order valence-corrected chi connectivity index (χ2v) is 22.1. The van der Waals surface area contributed by atoms with Crippen molar-refractivity contribution < 1.29 is 33.7 Å². The number of aryl methyl sites for hydroxylation is 4. The smallest absolute Gasteiger partial charge is 0.211 e. The molecule has 0 heterocycles. The van der Waals surface area contributed by atoms with Gasteiger partial charge in [0.15, 0.2) is 0 Å². The Morgan fingerprint density at radius 2 is 0.586 bits per heavy atom. The van der Waals surface area contributed by atoms with E-state index in [9.17, 15) is 33.7 Å². The minimum absolute atomic E-state index is 0.166. The number of hydrogen-bond donors (Lipinski definition) is 2. The van der Waals surface area contributed by atoms with Crippen molar-refractivity contribution in [3.63, 3.8) is 0 Å². The second-order valence-electron chi connectivity index (χ2n) is 14.7. The molecule has 0 aliphatic heterocycles. The van der Waals surface area contributed by atoms with Gasteiger partial charge in [0, 0.05) is 39.3 Å². The predicted molar refractivity (Wildman–Crippen MR) is 230 cm³/mol. The lowest BCUT2D eigenvalue weighted by atomic mass is 10.2. The van der Waals surface area contributed by atoms with Gasteiger partial charge in [-0.1, -0.05) is 83.6 Å². The average Bonchev–Trinajstić information content (AvgIpc) is 3.17. The van der Waals surface area contributed by atoms with Crippen LogP contribution in [0.15, 0.2) is 117 Å². The van der Waals surface area contributed by atoms with Gasteiger partial charge < -0.3 is 0 Å². The summed E-state index contributed by atoms with van der Waals surface area (Å²) in [5.74, 6) is 0. The zero-order chi connectivity index (χ0) is 42.4. The Hall–Kier alpha value is -3.48. The zero-order valence-corrected chi connectivity index (χ0v) is 37.2. The Kier molecular flexibility index (Phi) is 17.6. The van der Waals surface area contributed by atoms with Gasteiger partial charge in [-0.2, -0.15) is 8.61 Å². The number of sulfonamides is 4. The molecule has 0 unspecified atom stereocenters. The van der Waals surface area contributed by atoms with Crippen LogP contribution in [0.1, 0.15) is 73.6 Å². The minimum Gasteiger partial charge on any atom is -0.211 e. The molecule has 4 rings (SSSR count). The molecule has 4 aromatic rings. The van der Waals surface area contributed by atoms with Gasteiger partial charge in [-0.05, 0) is 115 Å². The van der Waals surface area contributed by atoms with E-state index in [1.165, 1.54) is 8.61 Å². The van der Waals surface area contributed by atoms with Crippen molar-refractivity contribution >= 4 is 40.1 Å². The Bertz CT molecular complexity index is 2170. The fraction of sp³-hybridized carbons (Fsp3) is 0.429. The molecule has 16 heteroatoms. The molecule has 0 radical (unpaired) electrons. The maximum absolute atomic E-state index is 13.7. The summed E-state index contributed by atoms with van der Waals surface area (Å²) in [5, 5.41) is 0. The summed E-state index contributed by atoms with van der Waals surface area (Å²) in [6.07, 6.45) is 4.20. The monoisotopic (exact) mass is 874 g/mol. The fourth-order valence-corrected chi connectivity index (χ4v) is 11.4. The molecular formula is C42H58N4O8S4. The molecule has 0 bridgehead atoms. The molecule has 0 aliphatic carbocycles. The van der Waals surface area contributed by atoms with Crippen LogP contribution in [0, 0.1) is 27.7 Å². The zero-order valence-electron chi connectivity index (χ0n) is 33.9. The number of hydrogen-bond acceptors (Lipinski definition) is 8. The van der Waals surface area contributed by atoms with E-state index in [4.69, 9.17) is 0 Å². The highest BCUT2D eigenvalue weighted by molar-refractivity contribution is 7.90. The first-order valence-electron chi connectivity index (χ1n) is 19.7. The standard InChI is InChI=1S/C42H58N4O8S4/c1-35-13-21-39(22-14-35)55(47,48)43-29-7-11-33-45(57(51,52)41-25-17-37(3)18-26-41)31-9-5-6-10-32-46(58(53,54)42-27-19-38(4)20-28-42)34-12-8-30-44-56(49,50)40-23-15-36(2)16-24-40/h13-28,43-44H,5-12,29-34H2,1-4H3. The lowest BCUT2D eigenvalue weighted by Crippen LogP contribution is -2.34. The molecule has 0 saturated carbocycles. The van der Waals surface area contributed by atoms with Crippen LogP contribution in [0.3, 0.4) is 0 Å². The van der Waals surface area contributed by atoms with Gasteiger partial charge in [0.1, 0.15) is 0 Å². The Morgan fingerprint density at radius 3 is 0.862 bits per heavy atom. The molecule has 58 heavy (non-hydrogen) atoms. The quantitative estimate of drug-likeness (QED) is 0.0696. The first kappa shape index (κ1) is 47.2. The van der Waals surface area contributed by atoms with Gasteiger partial charge in [-0.3, -0.25) is 0 Å². The van der Waals surface area contributed by atoms with Gasteiger partial charge in [0.2, 0.25) is 40.1 Å². The molecule has 0 fully saturated rings. The molecule has 2 N–H and O–H groups in total. The van der Waals surface area contributed by atoms with E-state index in [0.717, 1.165) is 22.3 Å². The van der Waals surface area contributed by atoms with Crippen LogP contribution >= 0.6 is 0 Å². The normalized spacial score (nSPS) is 12.7. The number of nitrogens with one attached hydrogen (secondary N) is 2. The minimum atomic E-state index is -3.82. The lowest BCUT2D eigenvalue weighted by Gasteiger charge is -2.23. The van der Waals surface area contributed by atoms with Gasteiger partial charge in [0.05, 0.1) is 19.6 Å². The molecule has 0 saturated heterocycles. The van der Waals surface area contributed by atoms with Crippen molar-refractivity contribution in [2.24, 2.45) is 0 Å². The Balaban J connectivity index is 1.31. The van der Waals surface area contributed by atoms with E-state index in [1.54, 1.807) is 97.1 Å². The van der Waals surface area contributed by atoms with Crippen molar-refractivity contribution in [3.8, 4) is 0 Å². The molecule has 0 atom stereocenters. The predicted octanol–water partition coefficient (Wildman–Crippen LogP) is 6.68. The lowest BCUT2D eigenvalue weighted by molar-refractivity contribution is 0.372. The van der Waals surface area contributed by atoms with E-state index in [1.807, 2.05) is 27.7 Å². The van der Waals surface area contributed by atoms with E-state index < -0.39 is 40.1 Å². The van der Waals surface area contributed by atoms with Crippen LogP contribution in [-0.4, -0.2) is 81.6 Å². The van der Waals surface area contributed by atoms with Gasteiger partial charge in [0.25, 0.3) is 0 Å². The number of unbranched alkanes of at least 4 members (excludes halogenated alkanes) is 5. The molecule has 318 valence electrons. The van der Waals surface area contributed by atoms with Crippen molar-refractivity contribution in [1.82, 2.24) is 18.1 Å². The summed E-state index contributed by atoms with van der Waals surface area (Å²) < 4.78 is 114. The summed E-state index contributed by atoms with van der Waals surface area (Å²) >= 11 is 0. The maximum atomic E-state index is 13.7. The van der Waals surface area contributed by atoms with Crippen molar-refractivity contribution in [2.45, 2.75) is 98.6 Å². The topological polar surface area (TPSA) is 167 Å². The van der Waals surface area contributed by atoms with Gasteiger partial charge in [-0.15, -0.1) is 0 Å². The Labute approximate surface area is 347 Å². The highest BCUT2D eigenvalue weighted by Crippen LogP contribution is 2.21. The summed E-state index contributed by atoms with van der Waals surface area (Å²) in [6, 6.07) is 26.5. The molecule has 0 amide bonds. The van der Waals surface area contributed by atoms with Crippen molar-refractivity contribution in [1.29, 1.82) is 0 Å². The molecular weight excluding hydrogens is 817 g/mol. The highest BCUT2D eigenvalue weighted by atomic mass is 32.2.